The molecule has 0 radical (unpaired) electrons. The Hall–Kier alpha value is 0.560. The summed E-state index contributed by atoms with van der Waals surface area (Å²) in [7, 11) is 0. The number of halogens is 1. The number of unbranched alkanes of at least 4 members (excludes halogenated alkanes) is 1. The SMILES string of the molecule is CCCCC(C)P(O)(O)(Cl)C(O)CCO. The number of hydrogen-bond donors (Lipinski definition) is 4. The number of hydrogen-bond acceptors (Lipinski definition) is 4. The topological polar surface area (TPSA) is 80.9 Å². The molecule has 0 aliphatic rings. The summed E-state index contributed by atoms with van der Waals surface area (Å²) >= 11 is 5.79. The van der Waals surface area contributed by atoms with Crippen molar-refractivity contribution in [2.75, 3.05) is 6.61 Å². The zero-order valence-electron chi connectivity index (χ0n) is 9.30. The quantitative estimate of drug-likeness (QED) is 0.526. The number of rotatable bonds is 7. The molecule has 0 bridgehead atoms. The third-order valence-corrected chi connectivity index (χ3v) is 7.65. The van der Waals surface area contributed by atoms with Crippen molar-refractivity contribution in [1.29, 1.82) is 0 Å². The summed E-state index contributed by atoms with van der Waals surface area (Å²) in [6, 6.07) is 0. The Morgan fingerprint density at radius 2 is 1.80 bits per heavy atom. The molecule has 0 aromatic carbocycles. The Bertz CT molecular complexity index is 192. The van der Waals surface area contributed by atoms with E-state index in [0.717, 1.165) is 12.8 Å². The second-order valence-electron chi connectivity index (χ2n) is 4.03. The van der Waals surface area contributed by atoms with Crippen molar-refractivity contribution in [3.8, 4) is 0 Å². The van der Waals surface area contributed by atoms with E-state index >= 15 is 0 Å². The van der Waals surface area contributed by atoms with Crippen LogP contribution in [0.15, 0.2) is 0 Å². The molecule has 0 amide bonds. The first-order valence-electron chi connectivity index (χ1n) is 5.26. The van der Waals surface area contributed by atoms with E-state index in [1.54, 1.807) is 6.92 Å². The van der Waals surface area contributed by atoms with Crippen molar-refractivity contribution in [1.82, 2.24) is 0 Å². The van der Waals surface area contributed by atoms with Gasteiger partial charge in [0.25, 0.3) is 0 Å². The molecule has 0 saturated heterocycles. The van der Waals surface area contributed by atoms with Gasteiger partial charge in [0.2, 0.25) is 0 Å². The summed E-state index contributed by atoms with van der Waals surface area (Å²) in [6.07, 6.45) is -2.35. The summed E-state index contributed by atoms with van der Waals surface area (Å²) in [6.45, 7) is 3.31. The molecule has 0 aliphatic heterocycles. The van der Waals surface area contributed by atoms with Crippen LogP contribution in [-0.4, -0.2) is 38.1 Å². The van der Waals surface area contributed by atoms with Crippen LogP contribution in [0.2, 0.25) is 0 Å². The van der Waals surface area contributed by atoms with Crippen molar-refractivity contribution >= 4 is 17.7 Å². The van der Waals surface area contributed by atoms with Gasteiger partial charge in [-0.05, 0) is 0 Å². The van der Waals surface area contributed by atoms with Crippen LogP contribution in [0.25, 0.3) is 0 Å². The average molecular weight is 261 g/mol. The maximum absolute atomic E-state index is 9.96. The molecule has 0 fully saturated rings. The molecule has 2 unspecified atom stereocenters. The zero-order valence-corrected chi connectivity index (χ0v) is 11.0. The fourth-order valence-corrected chi connectivity index (χ4v) is 3.81. The number of aliphatic hydroxyl groups is 2. The van der Waals surface area contributed by atoms with Crippen molar-refractivity contribution in [3.05, 3.63) is 0 Å². The first kappa shape index (κ1) is 15.6. The molecular formula is C9H22ClO4P. The molecule has 15 heavy (non-hydrogen) atoms. The Morgan fingerprint density at radius 1 is 1.27 bits per heavy atom. The van der Waals surface area contributed by atoms with Gasteiger partial charge in [0.15, 0.2) is 0 Å². The minimum atomic E-state index is -4.57. The predicted octanol–water partition coefficient (Wildman–Crippen LogP) is 1.79. The molecule has 0 spiro atoms. The van der Waals surface area contributed by atoms with Crippen LogP contribution in [0.5, 0.6) is 0 Å². The zero-order chi connectivity index (χ0) is 12.1. The van der Waals surface area contributed by atoms with Gasteiger partial charge in [-0.2, -0.15) is 0 Å². The van der Waals surface area contributed by atoms with Crippen LogP contribution in [0.3, 0.4) is 0 Å². The molecular weight excluding hydrogens is 239 g/mol. The van der Waals surface area contributed by atoms with Crippen LogP contribution in [0.1, 0.15) is 39.5 Å². The Balaban J connectivity index is 4.56. The monoisotopic (exact) mass is 260 g/mol. The van der Waals surface area contributed by atoms with Crippen molar-refractivity contribution < 1.29 is 20.0 Å². The molecule has 94 valence electrons. The van der Waals surface area contributed by atoms with E-state index in [1.165, 1.54) is 0 Å². The standard InChI is InChI=1S/C9H22ClO4P/c1-3-4-5-8(2)15(10,13,14)9(12)6-7-11/h8-9,11-14H,3-7H2,1-2H3. The van der Waals surface area contributed by atoms with E-state index in [0.29, 0.717) is 6.42 Å². The third kappa shape index (κ3) is 4.14. The van der Waals surface area contributed by atoms with Gasteiger partial charge in [-0.25, -0.2) is 0 Å². The van der Waals surface area contributed by atoms with Gasteiger partial charge in [0, 0.05) is 0 Å². The van der Waals surface area contributed by atoms with E-state index in [2.05, 4.69) is 0 Å². The normalized spacial score (nSPS) is 19.3. The van der Waals surface area contributed by atoms with Gasteiger partial charge in [0.05, 0.1) is 0 Å². The number of aliphatic hydroxyl groups excluding tert-OH is 2. The molecule has 0 rings (SSSR count). The van der Waals surface area contributed by atoms with Gasteiger partial charge in [0.1, 0.15) is 0 Å². The van der Waals surface area contributed by atoms with Crippen molar-refractivity contribution in [2.45, 2.75) is 51.0 Å². The van der Waals surface area contributed by atoms with Crippen LogP contribution in [0.4, 0.5) is 0 Å². The second-order valence-corrected chi connectivity index (χ2v) is 9.68. The maximum atomic E-state index is 9.96. The molecule has 6 heteroatoms. The van der Waals surface area contributed by atoms with Crippen LogP contribution < -0.4 is 0 Å². The Kier molecular flexibility index (Phi) is 5.97. The molecule has 0 aromatic heterocycles. The summed E-state index contributed by atoms with van der Waals surface area (Å²) < 4.78 is 0. The molecule has 4 N–H and O–H groups in total. The molecule has 2 atom stereocenters. The van der Waals surface area contributed by atoms with Gasteiger partial charge in [-0.1, -0.05) is 0 Å². The van der Waals surface area contributed by atoms with Gasteiger partial charge in [-0.15, -0.1) is 0 Å². The molecule has 4 nitrogen and oxygen atoms in total. The van der Waals surface area contributed by atoms with Crippen LogP contribution in [-0.2, 0) is 0 Å². The first-order valence-corrected chi connectivity index (χ1v) is 8.45. The van der Waals surface area contributed by atoms with E-state index in [-0.39, 0.29) is 13.0 Å². The average Bonchev–Trinajstić information content (AvgIpc) is 2.13. The third-order valence-electron chi connectivity index (χ3n) is 2.73. The molecule has 0 heterocycles. The summed E-state index contributed by atoms with van der Waals surface area (Å²) in [4.78, 5) is 19.9. The summed E-state index contributed by atoms with van der Waals surface area (Å²) in [5.41, 5.74) is -0.542. The van der Waals surface area contributed by atoms with E-state index < -0.39 is 17.9 Å². The summed E-state index contributed by atoms with van der Waals surface area (Å²) in [5, 5.41) is 18.2. The molecule has 0 saturated carbocycles. The summed E-state index contributed by atoms with van der Waals surface area (Å²) in [5.74, 6) is -1.44. The van der Waals surface area contributed by atoms with E-state index in [1.807, 2.05) is 6.92 Å². The van der Waals surface area contributed by atoms with Crippen LogP contribution in [0, 0.1) is 0 Å². The van der Waals surface area contributed by atoms with Crippen molar-refractivity contribution in [2.24, 2.45) is 0 Å². The molecule has 0 aromatic rings. The fourth-order valence-electron chi connectivity index (χ4n) is 1.39. The van der Waals surface area contributed by atoms with E-state index in [9.17, 15) is 14.9 Å². The second kappa shape index (κ2) is 5.76. The van der Waals surface area contributed by atoms with Gasteiger partial charge < -0.3 is 0 Å². The van der Waals surface area contributed by atoms with E-state index in [4.69, 9.17) is 16.3 Å². The van der Waals surface area contributed by atoms with Gasteiger partial charge in [-0.3, -0.25) is 0 Å². The first-order chi connectivity index (χ1) is 6.74. The molecule has 0 aliphatic carbocycles. The van der Waals surface area contributed by atoms with Gasteiger partial charge >= 0.3 is 95.3 Å². The fraction of sp³-hybridized carbons (Fsp3) is 1.00. The van der Waals surface area contributed by atoms with Crippen LogP contribution >= 0.6 is 17.7 Å². The Labute approximate surface area is 95.8 Å². The van der Waals surface area contributed by atoms with Crippen molar-refractivity contribution in [3.63, 3.8) is 0 Å². The predicted molar refractivity (Wildman–Crippen MR) is 63.9 cm³/mol. The Morgan fingerprint density at radius 3 is 2.20 bits per heavy atom. The minimum absolute atomic E-state index is 0.106.